The van der Waals surface area contributed by atoms with Gasteiger partial charge in [-0.15, -0.1) is 0 Å². The number of rotatable bonds is 2. The van der Waals surface area contributed by atoms with Crippen LogP contribution in [0.2, 0.25) is 0 Å². The summed E-state index contributed by atoms with van der Waals surface area (Å²) < 4.78 is 0. The van der Waals surface area contributed by atoms with E-state index >= 15 is 0 Å². The van der Waals surface area contributed by atoms with E-state index in [4.69, 9.17) is 0 Å². The summed E-state index contributed by atoms with van der Waals surface area (Å²) in [6.45, 7) is 3.08. The summed E-state index contributed by atoms with van der Waals surface area (Å²) in [5.74, 6) is 0. The molecule has 0 amide bonds. The van der Waals surface area contributed by atoms with E-state index in [9.17, 15) is 0 Å². The van der Waals surface area contributed by atoms with E-state index in [2.05, 4.69) is 24.4 Å². The molecule has 0 fully saturated rings. The minimum atomic E-state index is 0. The predicted octanol–water partition coefficient (Wildman–Crippen LogP) is 1.74. The molecular weight excluding hydrogens is 121 g/mol. The zero-order valence-corrected chi connectivity index (χ0v) is 6.17. The quantitative estimate of drug-likeness (QED) is 0.604. The molecule has 0 aromatic heterocycles. The van der Waals surface area contributed by atoms with Gasteiger partial charge in [0.25, 0.3) is 0 Å². The number of benzene rings is 1. The summed E-state index contributed by atoms with van der Waals surface area (Å²) >= 11 is 0. The van der Waals surface area contributed by atoms with Gasteiger partial charge in [-0.3, -0.25) is 0 Å². The van der Waals surface area contributed by atoms with E-state index < -0.39 is 0 Å². The summed E-state index contributed by atoms with van der Waals surface area (Å²) in [5, 5.41) is 3.21. The SMILES string of the molecule is CCNc1ccccc1.[B]. The number of nitrogens with one attached hydrogen (secondary N) is 1. The Morgan fingerprint density at radius 2 is 1.80 bits per heavy atom. The first kappa shape index (κ1) is 9.08. The summed E-state index contributed by atoms with van der Waals surface area (Å²) in [6.07, 6.45) is 0. The van der Waals surface area contributed by atoms with E-state index in [1.54, 1.807) is 0 Å². The number of para-hydroxylation sites is 1. The van der Waals surface area contributed by atoms with Crippen molar-refractivity contribution in [1.29, 1.82) is 0 Å². The van der Waals surface area contributed by atoms with Gasteiger partial charge in [0, 0.05) is 20.6 Å². The lowest BCUT2D eigenvalue weighted by Crippen LogP contribution is -1.94. The Balaban J connectivity index is 0.000000810. The Bertz CT molecular complexity index is 162. The van der Waals surface area contributed by atoms with Crippen LogP contribution < -0.4 is 5.32 Å². The second-order valence-corrected chi connectivity index (χ2v) is 1.90. The van der Waals surface area contributed by atoms with Crippen molar-refractivity contribution in [1.82, 2.24) is 0 Å². The molecule has 0 aliphatic rings. The first-order valence-electron chi connectivity index (χ1n) is 3.22. The molecule has 0 atom stereocenters. The van der Waals surface area contributed by atoms with Gasteiger partial charge >= 0.3 is 0 Å². The molecule has 51 valence electrons. The molecule has 1 aromatic carbocycles. The third kappa shape index (κ3) is 2.58. The van der Waals surface area contributed by atoms with Gasteiger partial charge in [0.1, 0.15) is 0 Å². The molecule has 0 spiro atoms. The monoisotopic (exact) mass is 132 g/mol. The minimum absolute atomic E-state index is 0. The van der Waals surface area contributed by atoms with E-state index in [1.807, 2.05) is 18.2 Å². The maximum Gasteiger partial charge on any atom is 0.0340 e. The Hall–Kier alpha value is -0.915. The molecule has 3 radical (unpaired) electrons. The molecule has 0 saturated heterocycles. The van der Waals surface area contributed by atoms with Crippen molar-refractivity contribution in [3.63, 3.8) is 0 Å². The van der Waals surface area contributed by atoms with Crippen LogP contribution in [0.15, 0.2) is 30.3 Å². The van der Waals surface area contributed by atoms with Crippen molar-refractivity contribution < 1.29 is 0 Å². The highest BCUT2D eigenvalue weighted by Gasteiger charge is 1.81. The second-order valence-electron chi connectivity index (χ2n) is 1.90. The summed E-state index contributed by atoms with van der Waals surface area (Å²) in [7, 11) is 0. The van der Waals surface area contributed by atoms with E-state index in [-0.39, 0.29) is 8.41 Å². The van der Waals surface area contributed by atoms with Crippen LogP contribution in [0, 0.1) is 0 Å². The van der Waals surface area contributed by atoms with Crippen LogP contribution in [0.3, 0.4) is 0 Å². The number of anilines is 1. The summed E-state index contributed by atoms with van der Waals surface area (Å²) in [5.41, 5.74) is 1.19. The molecule has 0 unspecified atom stereocenters. The highest BCUT2D eigenvalue weighted by molar-refractivity contribution is 5.75. The molecule has 1 rings (SSSR count). The number of hydrogen-bond donors (Lipinski definition) is 1. The third-order valence-corrected chi connectivity index (χ3v) is 1.15. The second kappa shape index (κ2) is 4.92. The first-order chi connectivity index (χ1) is 4.43. The van der Waals surface area contributed by atoms with Gasteiger partial charge in [-0.1, -0.05) is 18.2 Å². The molecule has 1 nitrogen and oxygen atoms in total. The van der Waals surface area contributed by atoms with Gasteiger partial charge in [0.15, 0.2) is 0 Å². The van der Waals surface area contributed by atoms with Crippen molar-refractivity contribution in [2.75, 3.05) is 11.9 Å². The largest absolute Gasteiger partial charge is 0.385 e. The van der Waals surface area contributed by atoms with E-state index in [0.29, 0.717) is 0 Å². The molecule has 1 aromatic rings. The minimum Gasteiger partial charge on any atom is -0.385 e. The Morgan fingerprint density at radius 3 is 2.30 bits per heavy atom. The number of hydrogen-bond acceptors (Lipinski definition) is 1. The summed E-state index contributed by atoms with van der Waals surface area (Å²) in [6, 6.07) is 10.2. The van der Waals surface area contributed by atoms with Gasteiger partial charge in [-0.05, 0) is 19.1 Å². The lowest BCUT2D eigenvalue weighted by molar-refractivity contribution is 1.21. The molecule has 2 heteroatoms. The molecule has 0 heterocycles. The fourth-order valence-corrected chi connectivity index (χ4v) is 0.760. The Morgan fingerprint density at radius 1 is 1.20 bits per heavy atom. The van der Waals surface area contributed by atoms with Crippen LogP contribution in [0.25, 0.3) is 0 Å². The Labute approximate surface area is 64.0 Å². The van der Waals surface area contributed by atoms with Gasteiger partial charge in [0.2, 0.25) is 0 Å². The van der Waals surface area contributed by atoms with Crippen molar-refractivity contribution in [2.45, 2.75) is 6.92 Å². The lowest BCUT2D eigenvalue weighted by Gasteiger charge is -1.99. The topological polar surface area (TPSA) is 12.0 Å². The molecule has 0 aliphatic heterocycles. The fourth-order valence-electron chi connectivity index (χ4n) is 0.760. The van der Waals surface area contributed by atoms with Crippen LogP contribution in [-0.4, -0.2) is 15.0 Å². The fraction of sp³-hybridized carbons (Fsp3) is 0.250. The zero-order chi connectivity index (χ0) is 6.53. The van der Waals surface area contributed by atoms with Crippen LogP contribution in [-0.2, 0) is 0 Å². The van der Waals surface area contributed by atoms with Crippen LogP contribution >= 0.6 is 0 Å². The third-order valence-electron chi connectivity index (χ3n) is 1.15. The zero-order valence-electron chi connectivity index (χ0n) is 6.17. The molecule has 10 heavy (non-hydrogen) atoms. The average Bonchev–Trinajstić information content (AvgIpc) is 1.91. The highest BCUT2D eigenvalue weighted by atomic mass is 14.8. The van der Waals surface area contributed by atoms with E-state index in [0.717, 1.165) is 6.54 Å². The first-order valence-corrected chi connectivity index (χ1v) is 3.22. The van der Waals surface area contributed by atoms with E-state index in [1.165, 1.54) is 5.69 Å². The normalized spacial score (nSPS) is 8.10. The maximum atomic E-state index is 3.21. The summed E-state index contributed by atoms with van der Waals surface area (Å²) in [4.78, 5) is 0. The molecular formula is C8H11BN. The van der Waals surface area contributed by atoms with Gasteiger partial charge in [-0.2, -0.15) is 0 Å². The average molecular weight is 132 g/mol. The van der Waals surface area contributed by atoms with Gasteiger partial charge in [-0.25, -0.2) is 0 Å². The molecule has 0 bridgehead atoms. The van der Waals surface area contributed by atoms with Gasteiger partial charge < -0.3 is 5.32 Å². The molecule has 0 saturated carbocycles. The van der Waals surface area contributed by atoms with Crippen LogP contribution in [0.4, 0.5) is 5.69 Å². The van der Waals surface area contributed by atoms with Crippen molar-refractivity contribution in [3.05, 3.63) is 30.3 Å². The van der Waals surface area contributed by atoms with Gasteiger partial charge in [0.05, 0.1) is 0 Å². The van der Waals surface area contributed by atoms with Crippen molar-refractivity contribution in [3.8, 4) is 0 Å². The smallest absolute Gasteiger partial charge is 0.0340 e. The lowest BCUT2D eigenvalue weighted by atomic mass is 10.3. The maximum absolute atomic E-state index is 3.21. The predicted molar refractivity (Wildman–Crippen MR) is 46.4 cm³/mol. The van der Waals surface area contributed by atoms with Crippen molar-refractivity contribution in [2.24, 2.45) is 0 Å². The molecule has 1 N–H and O–H groups in total. The molecule has 0 aliphatic carbocycles. The highest BCUT2D eigenvalue weighted by Crippen LogP contribution is 2.02. The Kier molecular flexibility index (Phi) is 4.47. The van der Waals surface area contributed by atoms with Crippen LogP contribution in [0.5, 0.6) is 0 Å². The standard InChI is InChI=1S/C8H11N.B/c1-2-9-8-6-4-3-5-7-8;/h3-7,9H,2H2,1H3;. The van der Waals surface area contributed by atoms with Crippen molar-refractivity contribution >= 4 is 14.1 Å². The van der Waals surface area contributed by atoms with Crippen LogP contribution in [0.1, 0.15) is 6.92 Å².